The van der Waals surface area contributed by atoms with Crippen molar-refractivity contribution in [2.75, 3.05) is 0 Å². The number of para-hydroxylation sites is 3. The summed E-state index contributed by atoms with van der Waals surface area (Å²) in [6.07, 6.45) is 3.86. The van der Waals surface area contributed by atoms with Gasteiger partial charge in [-0.3, -0.25) is 4.57 Å². The fraction of sp³-hybridized carbons (Fsp3) is 0. The van der Waals surface area contributed by atoms with Crippen molar-refractivity contribution >= 4 is 43.6 Å². The van der Waals surface area contributed by atoms with Gasteiger partial charge in [-0.1, -0.05) is 152 Å². The number of fused-ring (bicyclic) bond motifs is 6. The molecule has 0 aliphatic carbocycles. The molecule has 3 heterocycles. The predicted molar refractivity (Wildman–Crippen MR) is 259 cm³/mol. The first kappa shape index (κ1) is 36.3. The molecule has 5 heteroatoms. The molecule has 0 fully saturated rings. The normalized spacial score (nSPS) is 11.5. The first-order valence-corrected chi connectivity index (χ1v) is 21.2. The van der Waals surface area contributed by atoms with E-state index in [0.29, 0.717) is 5.95 Å². The van der Waals surface area contributed by atoms with Crippen molar-refractivity contribution in [3.05, 3.63) is 231 Å². The minimum atomic E-state index is 0.638. The van der Waals surface area contributed by atoms with Crippen molar-refractivity contribution < 1.29 is 4.74 Å². The highest BCUT2D eigenvalue weighted by molar-refractivity contribution is 6.12. The monoisotopic (exact) mass is 806 g/mol. The maximum absolute atomic E-state index is 6.13. The molecule has 0 bridgehead atoms. The number of nitrogens with zero attached hydrogens (tertiary/aromatic N) is 4. The van der Waals surface area contributed by atoms with Crippen LogP contribution in [0.2, 0.25) is 0 Å². The van der Waals surface area contributed by atoms with E-state index in [4.69, 9.17) is 14.7 Å². The SMILES string of the molecule is c1ccc(Oc2ccc(-n3c4ccccc4c4ccc(-c5ccc6c(c5)c5ccccc5n6-c5ncc(-c6ccc(-c7ccc(-c8ccccc8)cc7)cc6)cn5)cc43)cc2)cc1. The van der Waals surface area contributed by atoms with E-state index >= 15 is 0 Å². The number of benzene rings is 9. The van der Waals surface area contributed by atoms with Crippen LogP contribution in [0.1, 0.15) is 0 Å². The molecule has 0 saturated carbocycles. The second-order valence-corrected chi connectivity index (χ2v) is 15.9. The zero-order valence-corrected chi connectivity index (χ0v) is 34.1. The third-order valence-electron chi connectivity index (χ3n) is 12.1. The molecule has 0 N–H and O–H groups in total. The van der Waals surface area contributed by atoms with E-state index in [9.17, 15) is 0 Å². The Morgan fingerprint density at radius 1 is 0.286 bits per heavy atom. The van der Waals surface area contributed by atoms with E-state index in [2.05, 4.69) is 179 Å². The van der Waals surface area contributed by atoms with Crippen molar-refractivity contribution in [1.29, 1.82) is 0 Å². The summed E-state index contributed by atoms with van der Waals surface area (Å²) in [5, 5.41) is 4.73. The number of hydrogen-bond donors (Lipinski definition) is 0. The predicted octanol–water partition coefficient (Wildman–Crippen LogP) is 15.1. The summed E-state index contributed by atoms with van der Waals surface area (Å²) in [5.74, 6) is 2.25. The van der Waals surface area contributed by atoms with Gasteiger partial charge in [0.2, 0.25) is 5.95 Å². The van der Waals surface area contributed by atoms with Gasteiger partial charge >= 0.3 is 0 Å². The molecule has 0 spiro atoms. The van der Waals surface area contributed by atoms with Crippen molar-refractivity contribution in [3.8, 4) is 67.6 Å². The van der Waals surface area contributed by atoms with E-state index in [1.165, 1.54) is 33.0 Å². The number of aromatic nitrogens is 4. The van der Waals surface area contributed by atoms with Crippen LogP contribution in [0.15, 0.2) is 231 Å². The number of hydrogen-bond acceptors (Lipinski definition) is 3. The van der Waals surface area contributed by atoms with E-state index in [0.717, 1.165) is 72.3 Å². The highest BCUT2D eigenvalue weighted by Crippen LogP contribution is 2.38. The Balaban J connectivity index is 0.865. The van der Waals surface area contributed by atoms with Gasteiger partial charge in [0.25, 0.3) is 0 Å². The fourth-order valence-electron chi connectivity index (χ4n) is 9.01. The lowest BCUT2D eigenvalue weighted by Gasteiger charge is -2.11. The van der Waals surface area contributed by atoms with Gasteiger partial charge in [0, 0.05) is 45.2 Å². The van der Waals surface area contributed by atoms with Crippen LogP contribution < -0.4 is 4.74 Å². The number of rotatable bonds is 8. The smallest absolute Gasteiger partial charge is 0.234 e. The highest BCUT2D eigenvalue weighted by atomic mass is 16.5. The number of ether oxygens (including phenoxy) is 1. The molecule has 5 nitrogen and oxygen atoms in total. The lowest BCUT2D eigenvalue weighted by molar-refractivity contribution is 0.482. The molecule has 0 amide bonds. The Labute approximate surface area is 364 Å². The second kappa shape index (κ2) is 15.2. The molecule has 9 aromatic carbocycles. The van der Waals surface area contributed by atoms with Gasteiger partial charge in [0.15, 0.2) is 0 Å². The first-order valence-electron chi connectivity index (χ1n) is 21.2. The Hall–Kier alpha value is -8.54. The Morgan fingerprint density at radius 2 is 0.730 bits per heavy atom. The van der Waals surface area contributed by atoms with Crippen molar-refractivity contribution in [2.24, 2.45) is 0 Å². The van der Waals surface area contributed by atoms with Crippen LogP contribution in [0.4, 0.5) is 0 Å². The second-order valence-electron chi connectivity index (χ2n) is 15.9. The molecular formula is C58H38N4O. The average Bonchev–Trinajstić information content (AvgIpc) is 3.87. The minimum absolute atomic E-state index is 0.638. The topological polar surface area (TPSA) is 44.9 Å². The van der Waals surface area contributed by atoms with Gasteiger partial charge in [-0.05, 0) is 106 Å². The van der Waals surface area contributed by atoms with E-state index in [-0.39, 0.29) is 0 Å². The van der Waals surface area contributed by atoms with Gasteiger partial charge in [-0.15, -0.1) is 0 Å². The molecule has 0 saturated heterocycles. The Kier molecular flexibility index (Phi) is 8.75. The third-order valence-corrected chi connectivity index (χ3v) is 12.1. The van der Waals surface area contributed by atoms with Gasteiger partial charge in [0.05, 0.1) is 22.1 Å². The summed E-state index contributed by atoms with van der Waals surface area (Å²) < 4.78 is 10.7. The third kappa shape index (κ3) is 6.51. The van der Waals surface area contributed by atoms with Crippen molar-refractivity contribution in [3.63, 3.8) is 0 Å². The summed E-state index contributed by atoms with van der Waals surface area (Å²) in [6, 6.07) is 76.8. The molecular weight excluding hydrogens is 769 g/mol. The summed E-state index contributed by atoms with van der Waals surface area (Å²) in [6.45, 7) is 0. The molecule has 0 aliphatic rings. The summed E-state index contributed by atoms with van der Waals surface area (Å²) in [4.78, 5) is 9.92. The van der Waals surface area contributed by atoms with Crippen LogP contribution in [0, 0.1) is 0 Å². The Bertz CT molecular complexity index is 3590. The molecule has 0 radical (unpaired) electrons. The molecule has 0 aliphatic heterocycles. The lowest BCUT2D eigenvalue weighted by Crippen LogP contribution is -2.00. The lowest BCUT2D eigenvalue weighted by atomic mass is 9.99. The zero-order valence-electron chi connectivity index (χ0n) is 34.1. The summed E-state index contributed by atoms with van der Waals surface area (Å²) in [7, 11) is 0. The van der Waals surface area contributed by atoms with E-state index in [1.54, 1.807) is 0 Å². The molecule has 3 aromatic heterocycles. The molecule has 0 unspecified atom stereocenters. The van der Waals surface area contributed by atoms with E-state index in [1.807, 2.05) is 60.9 Å². The van der Waals surface area contributed by atoms with E-state index < -0.39 is 0 Å². The maximum atomic E-state index is 6.13. The van der Waals surface area contributed by atoms with Crippen molar-refractivity contribution in [1.82, 2.24) is 19.1 Å². The van der Waals surface area contributed by atoms with Crippen molar-refractivity contribution in [2.45, 2.75) is 0 Å². The zero-order chi connectivity index (χ0) is 41.7. The molecule has 63 heavy (non-hydrogen) atoms. The maximum Gasteiger partial charge on any atom is 0.234 e. The first-order chi connectivity index (χ1) is 31.2. The summed E-state index contributed by atoms with van der Waals surface area (Å²) in [5.41, 5.74) is 14.6. The van der Waals surface area contributed by atoms with Crippen LogP contribution in [0.25, 0.3) is 99.8 Å². The fourth-order valence-corrected chi connectivity index (χ4v) is 9.01. The largest absolute Gasteiger partial charge is 0.457 e. The summed E-state index contributed by atoms with van der Waals surface area (Å²) >= 11 is 0. The molecule has 296 valence electrons. The van der Waals surface area contributed by atoms with Crippen LogP contribution >= 0.6 is 0 Å². The average molecular weight is 807 g/mol. The minimum Gasteiger partial charge on any atom is -0.457 e. The van der Waals surface area contributed by atoms with Crippen LogP contribution in [-0.4, -0.2) is 19.1 Å². The molecule has 12 aromatic rings. The standard InChI is InChI=1S/C58H38N4O/c1-3-11-39(12-4-1)40-19-21-41(22-20-40)42-23-25-43(26-24-42)46-37-59-58(60-38-46)62-55-18-10-8-16-51(55)53-35-44(28-34-56(53)62)45-27-33-52-50-15-7-9-17-54(50)61(57(52)36-45)47-29-31-49(32-30-47)63-48-13-5-2-6-14-48/h1-38H. The van der Waals surface area contributed by atoms with Crippen LogP contribution in [0.3, 0.4) is 0 Å². The Morgan fingerprint density at radius 3 is 1.38 bits per heavy atom. The van der Waals surface area contributed by atoms with Gasteiger partial charge in [-0.25, -0.2) is 9.97 Å². The van der Waals surface area contributed by atoms with Gasteiger partial charge in [-0.2, -0.15) is 0 Å². The van der Waals surface area contributed by atoms with Crippen LogP contribution in [-0.2, 0) is 0 Å². The molecule has 0 atom stereocenters. The quantitative estimate of drug-likeness (QED) is 0.154. The van der Waals surface area contributed by atoms with Gasteiger partial charge in [0.1, 0.15) is 11.5 Å². The molecule has 12 rings (SSSR count). The van der Waals surface area contributed by atoms with Crippen LogP contribution in [0.5, 0.6) is 11.5 Å². The highest BCUT2D eigenvalue weighted by Gasteiger charge is 2.17. The van der Waals surface area contributed by atoms with Gasteiger partial charge < -0.3 is 9.30 Å².